The number of carbonyl (C=O) groups is 2. The fraction of sp³-hybridized carbons (Fsp3) is 0.692. The highest BCUT2D eigenvalue weighted by atomic mass is 16.6. The SMILES string of the molecule is CN1C(=O)CC[C@@]2(C)C1CC[C@@H]1[C@H]2CC[C@]2(C)C(OC(=O)c3ccc([N+](=O)[O-])cc3)CC[C@@H]12. The van der Waals surface area contributed by atoms with Crippen LogP contribution in [0.2, 0.25) is 0 Å². The molecule has 5 rings (SSSR count). The predicted octanol–water partition coefficient (Wildman–Crippen LogP) is 4.98. The summed E-state index contributed by atoms with van der Waals surface area (Å²) in [5.74, 6) is 1.67. The highest BCUT2D eigenvalue weighted by Gasteiger charge is 2.61. The molecular weight excluding hydrogens is 420 g/mol. The minimum Gasteiger partial charge on any atom is -0.458 e. The average Bonchev–Trinajstić information content (AvgIpc) is 3.13. The Labute approximate surface area is 195 Å². The average molecular weight is 455 g/mol. The van der Waals surface area contributed by atoms with Gasteiger partial charge in [0.05, 0.1) is 10.5 Å². The number of likely N-dealkylation sites (tertiary alicyclic amines) is 1. The number of hydrogen-bond donors (Lipinski definition) is 0. The number of nitro benzene ring substituents is 1. The molecule has 1 aromatic carbocycles. The smallest absolute Gasteiger partial charge is 0.338 e. The van der Waals surface area contributed by atoms with Crippen molar-refractivity contribution < 1.29 is 19.2 Å². The van der Waals surface area contributed by atoms with E-state index in [1.807, 2.05) is 11.9 Å². The van der Waals surface area contributed by atoms with Crippen LogP contribution in [0.4, 0.5) is 5.69 Å². The number of ether oxygens (including phenoxy) is 1. The van der Waals surface area contributed by atoms with Gasteiger partial charge in [-0.15, -0.1) is 0 Å². The predicted molar refractivity (Wildman–Crippen MR) is 122 cm³/mol. The number of amides is 1. The maximum Gasteiger partial charge on any atom is 0.338 e. The summed E-state index contributed by atoms with van der Waals surface area (Å²) in [4.78, 5) is 37.6. The highest BCUT2D eigenvalue weighted by Crippen LogP contribution is 2.65. The molecule has 178 valence electrons. The minimum atomic E-state index is -0.467. The largest absolute Gasteiger partial charge is 0.458 e. The number of nitro groups is 1. The van der Waals surface area contributed by atoms with Crippen LogP contribution >= 0.6 is 0 Å². The Morgan fingerprint density at radius 2 is 1.73 bits per heavy atom. The lowest BCUT2D eigenvalue weighted by molar-refractivity contribution is -0.384. The van der Waals surface area contributed by atoms with Crippen molar-refractivity contribution in [3.8, 4) is 0 Å². The van der Waals surface area contributed by atoms with Crippen molar-refractivity contribution in [2.45, 2.75) is 77.4 Å². The molecule has 1 saturated heterocycles. The molecule has 7 nitrogen and oxygen atoms in total. The molecule has 7 heteroatoms. The quantitative estimate of drug-likeness (QED) is 0.365. The van der Waals surface area contributed by atoms with Crippen LogP contribution in [0.1, 0.15) is 75.6 Å². The first kappa shape index (κ1) is 22.4. The molecule has 1 aromatic rings. The fourth-order valence-electron chi connectivity index (χ4n) is 8.21. The molecule has 1 amide bonds. The van der Waals surface area contributed by atoms with Gasteiger partial charge in [0.15, 0.2) is 0 Å². The standard InChI is InChI=1S/C26H34N2O5/c1-25-15-13-23(29)27(3)21(25)10-8-18-19-9-11-22(26(19,2)14-12-20(18)25)33-24(30)16-4-6-17(7-5-16)28(31)32/h4-7,18-22H,8-15H2,1-3H3/t18-,19-,20+,21?,22?,25+,26-/m0/s1. The summed E-state index contributed by atoms with van der Waals surface area (Å²) in [6.07, 6.45) is 7.86. The van der Waals surface area contributed by atoms with Crippen molar-refractivity contribution in [3.05, 3.63) is 39.9 Å². The van der Waals surface area contributed by atoms with Crippen LogP contribution in [-0.2, 0) is 9.53 Å². The van der Waals surface area contributed by atoms with Gasteiger partial charge in [-0.3, -0.25) is 14.9 Å². The first-order valence-electron chi connectivity index (χ1n) is 12.4. The Balaban J connectivity index is 1.32. The first-order chi connectivity index (χ1) is 15.6. The van der Waals surface area contributed by atoms with E-state index < -0.39 is 4.92 Å². The second-order valence-electron chi connectivity index (χ2n) is 11.3. The molecule has 1 heterocycles. The molecule has 1 aliphatic heterocycles. The molecule has 4 fully saturated rings. The lowest BCUT2D eigenvalue weighted by Crippen LogP contribution is -2.61. The van der Waals surface area contributed by atoms with Gasteiger partial charge < -0.3 is 9.64 Å². The molecule has 0 bridgehead atoms. The summed E-state index contributed by atoms with van der Waals surface area (Å²) >= 11 is 0. The van der Waals surface area contributed by atoms with Gasteiger partial charge in [-0.05, 0) is 80.2 Å². The van der Waals surface area contributed by atoms with Crippen LogP contribution in [0, 0.1) is 38.7 Å². The van der Waals surface area contributed by atoms with Crippen LogP contribution in [-0.4, -0.2) is 40.9 Å². The monoisotopic (exact) mass is 454 g/mol. The Hall–Kier alpha value is -2.44. The molecule has 0 N–H and O–H groups in total. The van der Waals surface area contributed by atoms with Gasteiger partial charge in [0.2, 0.25) is 5.91 Å². The highest BCUT2D eigenvalue weighted by molar-refractivity contribution is 5.89. The van der Waals surface area contributed by atoms with E-state index in [9.17, 15) is 19.7 Å². The number of nitrogens with zero attached hydrogens (tertiary/aromatic N) is 2. The maximum atomic E-state index is 12.9. The van der Waals surface area contributed by atoms with Crippen LogP contribution in [0.15, 0.2) is 24.3 Å². The number of piperidine rings is 1. The van der Waals surface area contributed by atoms with Crippen LogP contribution in [0.3, 0.4) is 0 Å². The van der Waals surface area contributed by atoms with Crippen molar-refractivity contribution in [2.75, 3.05) is 7.05 Å². The summed E-state index contributed by atoms with van der Waals surface area (Å²) in [6.45, 7) is 4.72. The van der Waals surface area contributed by atoms with Crippen molar-refractivity contribution in [2.24, 2.45) is 28.6 Å². The van der Waals surface area contributed by atoms with Gasteiger partial charge >= 0.3 is 5.97 Å². The number of rotatable bonds is 3. The molecule has 0 radical (unpaired) electrons. The second-order valence-corrected chi connectivity index (χ2v) is 11.3. The van der Waals surface area contributed by atoms with E-state index in [2.05, 4.69) is 13.8 Å². The minimum absolute atomic E-state index is 0.0306. The Kier molecular flexibility index (Phi) is 5.29. The normalized spacial score (nSPS) is 39.9. The zero-order valence-corrected chi connectivity index (χ0v) is 19.8. The number of carbonyl (C=O) groups excluding carboxylic acids is 2. The third-order valence-corrected chi connectivity index (χ3v) is 10.0. The second kappa shape index (κ2) is 7.81. The van der Waals surface area contributed by atoms with Gasteiger partial charge in [-0.1, -0.05) is 13.8 Å². The Morgan fingerprint density at radius 3 is 2.42 bits per heavy atom. The number of esters is 1. The van der Waals surface area contributed by atoms with E-state index in [0.29, 0.717) is 35.8 Å². The maximum absolute atomic E-state index is 12.9. The topological polar surface area (TPSA) is 89.8 Å². The van der Waals surface area contributed by atoms with E-state index in [0.717, 1.165) is 44.9 Å². The van der Waals surface area contributed by atoms with Crippen molar-refractivity contribution in [3.63, 3.8) is 0 Å². The molecule has 0 spiro atoms. The van der Waals surface area contributed by atoms with Gasteiger partial charge in [0, 0.05) is 37.1 Å². The first-order valence-corrected chi connectivity index (χ1v) is 12.4. The summed E-state index contributed by atoms with van der Waals surface area (Å²) in [7, 11) is 1.99. The van der Waals surface area contributed by atoms with E-state index >= 15 is 0 Å². The summed E-state index contributed by atoms with van der Waals surface area (Å²) < 4.78 is 6.05. The Bertz CT molecular complexity index is 977. The van der Waals surface area contributed by atoms with Crippen LogP contribution < -0.4 is 0 Å². The summed E-state index contributed by atoms with van der Waals surface area (Å²) in [5.41, 5.74) is 0.485. The van der Waals surface area contributed by atoms with E-state index in [4.69, 9.17) is 4.74 Å². The molecule has 3 aliphatic carbocycles. The lowest BCUT2D eigenvalue weighted by atomic mass is 9.47. The Morgan fingerprint density at radius 1 is 1.03 bits per heavy atom. The van der Waals surface area contributed by atoms with Crippen LogP contribution in [0.25, 0.3) is 0 Å². The van der Waals surface area contributed by atoms with E-state index in [-0.39, 0.29) is 34.5 Å². The number of fused-ring (bicyclic) bond motifs is 5. The third kappa shape index (κ3) is 3.38. The molecular formula is C26H34N2O5. The van der Waals surface area contributed by atoms with Crippen molar-refractivity contribution in [1.82, 2.24) is 4.90 Å². The molecule has 33 heavy (non-hydrogen) atoms. The zero-order valence-electron chi connectivity index (χ0n) is 19.8. The summed E-state index contributed by atoms with van der Waals surface area (Å²) in [6, 6.07) is 6.02. The van der Waals surface area contributed by atoms with Crippen molar-refractivity contribution in [1.29, 1.82) is 0 Å². The molecule has 7 atom stereocenters. The van der Waals surface area contributed by atoms with Gasteiger partial charge in [-0.25, -0.2) is 4.79 Å². The number of non-ortho nitro benzene ring substituents is 1. The van der Waals surface area contributed by atoms with E-state index in [1.54, 1.807) is 0 Å². The molecule has 2 unspecified atom stereocenters. The zero-order chi connectivity index (χ0) is 23.5. The molecule has 0 aromatic heterocycles. The summed E-state index contributed by atoms with van der Waals surface area (Å²) in [5, 5.41) is 10.9. The lowest BCUT2D eigenvalue weighted by Gasteiger charge is -2.61. The number of benzene rings is 1. The molecule has 4 aliphatic rings. The van der Waals surface area contributed by atoms with Gasteiger partial charge in [-0.2, -0.15) is 0 Å². The fourth-order valence-corrected chi connectivity index (χ4v) is 8.21. The van der Waals surface area contributed by atoms with Crippen LogP contribution in [0.5, 0.6) is 0 Å². The third-order valence-electron chi connectivity index (χ3n) is 10.0. The van der Waals surface area contributed by atoms with Crippen molar-refractivity contribution >= 4 is 17.6 Å². The van der Waals surface area contributed by atoms with Gasteiger partial charge in [0.25, 0.3) is 5.69 Å². The van der Waals surface area contributed by atoms with Gasteiger partial charge in [0.1, 0.15) is 6.10 Å². The molecule has 3 saturated carbocycles. The van der Waals surface area contributed by atoms with E-state index in [1.165, 1.54) is 24.3 Å². The number of hydrogen-bond acceptors (Lipinski definition) is 5.